The Morgan fingerprint density at radius 3 is 2.39 bits per heavy atom. The van der Waals surface area contributed by atoms with Crippen LogP contribution in [0.15, 0.2) is 78.0 Å². The van der Waals surface area contributed by atoms with E-state index in [9.17, 15) is 18.3 Å². The molecule has 2 aromatic carbocycles. The van der Waals surface area contributed by atoms with Gasteiger partial charge in [-0.1, -0.05) is 12.1 Å². The second-order valence-corrected chi connectivity index (χ2v) is 8.02. The van der Waals surface area contributed by atoms with Crippen molar-refractivity contribution in [2.75, 3.05) is 10.0 Å². The van der Waals surface area contributed by atoms with Gasteiger partial charge < -0.3 is 10.4 Å². The number of sulfonamides is 1. The molecule has 0 radical (unpaired) electrons. The van der Waals surface area contributed by atoms with Crippen molar-refractivity contribution in [1.82, 2.24) is 20.2 Å². The number of para-hydroxylation sites is 1. The first kappa shape index (κ1) is 20.0. The standard InChI is InChI=1S/C20H16N6O4S/c27-18-5-2-1-4-15(18)16-12-17(25-24-16)19(28)23-13-6-8-14(9-7-13)31(29,30)26-20-21-10-3-11-22-20/h1-12,27H,(H,23,28)(H,24,25)(H,21,22,26). The number of phenolic OH excluding ortho intramolecular Hbond substituents is 1. The van der Waals surface area contributed by atoms with Gasteiger partial charge in [-0.05, 0) is 48.5 Å². The Morgan fingerprint density at radius 2 is 1.68 bits per heavy atom. The number of nitrogens with one attached hydrogen (secondary N) is 3. The highest BCUT2D eigenvalue weighted by molar-refractivity contribution is 7.92. The second-order valence-electron chi connectivity index (χ2n) is 6.34. The van der Waals surface area contributed by atoms with Crippen molar-refractivity contribution in [3.8, 4) is 17.0 Å². The molecule has 0 spiro atoms. The van der Waals surface area contributed by atoms with E-state index in [-0.39, 0.29) is 22.3 Å². The average Bonchev–Trinajstić information content (AvgIpc) is 3.25. The first-order chi connectivity index (χ1) is 14.9. The van der Waals surface area contributed by atoms with E-state index in [0.29, 0.717) is 16.9 Å². The van der Waals surface area contributed by atoms with Crippen LogP contribution in [0.25, 0.3) is 11.3 Å². The van der Waals surface area contributed by atoms with Crippen LogP contribution in [-0.4, -0.2) is 39.6 Å². The topological polar surface area (TPSA) is 150 Å². The van der Waals surface area contributed by atoms with Crippen molar-refractivity contribution in [2.24, 2.45) is 0 Å². The molecule has 1 amide bonds. The maximum Gasteiger partial charge on any atom is 0.273 e. The van der Waals surface area contributed by atoms with E-state index in [1.54, 1.807) is 24.3 Å². The number of aromatic amines is 1. The normalized spacial score (nSPS) is 11.1. The van der Waals surface area contributed by atoms with E-state index < -0.39 is 15.9 Å². The van der Waals surface area contributed by atoms with Crippen LogP contribution in [0.5, 0.6) is 5.75 Å². The van der Waals surface area contributed by atoms with Crippen LogP contribution in [0, 0.1) is 0 Å². The number of benzene rings is 2. The van der Waals surface area contributed by atoms with E-state index in [1.165, 1.54) is 48.8 Å². The molecule has 10 nitrogen and oxygen atoms in total. The van der Waals surface area contributed by atoms with Crippen LogP contribution in [0.3, 0.4) is 0 Å². The summed E-state index contributed by atoms with van der Waals surface area (Å²) in [7, 11) is -3.87. The van der Waals surface area contributed by atoms with Crippen LogP contribution in [0.4, 0.5) is 11.6 Å². The van der Waals surface area contributed by atoms with Crippen LogP contribution in [0.2, 0.25) is 0 Å². The third-order valence-corrected chi connectivity index (χ3v) is 5.56. The SMILES string of the molecule is O=C(Nc1ccc(S(=O)(=O)Nc2ncccn2)cc1)c1cc(-c2ccccc2O)n[nH]1. The summed E-state index contributed by atoms with van der Waals surface area (Å²) in [4.78, 5) is 20.1. The van der Waals surface area contributed by atoms with Gasteiger partial charge in [-0.25, -0.2) is 23.1 Å². The van der Waals surface area contributed by atoms with Crippen LogP contribution in [0.1, 0.15) is 10.5 Å². The molecule has 31 heavy (non-hydrogen) atoms. The molecule has 0 saturated heterocycles. The zero-order valence-electron chi connectivity index (χ0n) is 15.9. The molecular weight excluding hydrogens is 420 g/mol. The molecule has 0 fully saturated rings. The van der Waals surface area contributed by atoms with Crippen molar-refractivity contribution < 1.29 is 18.3 Å². The summed E-state index contributed by atoms with van der Waals surface area (Å²) in [6.45, 7) is 0. The minimum atomic E-state index is -3.87. The predicted molar refractivity (Wildman–Crippen MR) is 113 cm³/mol. The zero-order valence-corrected chi connectivity index (χ0v) is 16.7. The van der Waals surface area contributed by atoms with E-state index in [4.69, 9.17) is 0 Å². The number of anilines is 2. The molecule has 0 aliphatic heterocycles. The monoisotopic (exact) mass is 436 g/mol. The number of hydrogen-bond acceptors (Lipinski definition) is 7. The Morgan fingerprint density at radius 1 is 0.968 bits per heavy atom. The van der Waals surface area contributed by atoms with Crippen molar-refractivity contribution >= 4 is 27.6 Å². The molecule has 4 rings (SSSR count). The Kier molecular flexibility index (Phi) is 5.33. The number of carbonyl (C=O) groups is 1. The van der Waals surface area contributed by atoms with E-state index >= 15 is 0 Å². The quantitative estimate of drug-likeness (QED) is 0.363. The Hall–Kier alpha value is -4.25. The predicted octanol–water partition coefficient (Wildman–Crippen LogP) is 2.63. The van der Waals surface area contributed by atoms with E-state index in [2.05, 4.69) is 30.2 Å². The Bertz CT molecular complexity index is 1320. The second kappa shape index (κ2) is 8.24. The van der Waals surface area contributed by atoms with Gasteiger partial charge in [0.25, 0.3) is 15.9 Å². The van der Waals surface area contributed by atoms with Gasteiger partial charge in [0.2, 0.25) is 5.95 Å². The van der Waals surface area contributed by atoms with Gasteiger partial charge >= 0.3 is 0 Å². The number of H-pyrrole nitrogens is 1. The number of rotatable bonds is 6. The third kappa shape index (κ3) is 4.51. The van der Waals surface area contributed by atoms with E-state index in [1.807, 2.05) is 0 Å². The first-order valence-electron chi connectivity index (χ1n) is 8.97. The molecule has 4 aromatic rings. The summed E-state index contributed by atoms with van der Waals surface area (Å²) < 4.78 is 27.1. The fraction of sp³-hybridized carbons (Fsp3) is 0. The molecule has 0 aliphatic carbocycles. The molecule has 4 N–H and O–H groups in total. The maximum atomic E-state index is 12.5. The number of nitrogens with zero attached hydrogens (tertiary/aromatic N) is 3. The average molecular weight is 436 g/mol. The molecule has 11 heteroatoms. The van der Waals surface area contributed by atoms with Gasteiger partial charge in [0, 0.05) is 23.6 Å². The first-order valence-corrected chi connectivity index (χ1v) is 10.5. The maximum absolute atomic E-state index is 12.5. The number of carbonyl (C=O) groups excluding carboxylic acids is 1. The number of hydrogen-bond donors (Lipinski definition) is 4. The number of amides is 1. The largest absolute Gasteiger partial charge is 0.507 e. The Balaban J connectivity index is 1.46. The Labute approximate surface area is 177 Å². The summed E-state index contributed by atoms with van der Waals surface area (Å²) in [6, 6.07) is 15.3. The lowest BCUT2D eigenvalue weighted by Crippen LogP contribution is -2.15. The number of aromatic nitrogens is 4. The number of phenols is 1. The van der Waals surface area contributed by atoms with Gasteiger partial charge in [-0.3, -0.25) is 9.89 Å². The van der Waals surface area contributed by atoms with Crippen molar-refractivity contribution in [3.05, 3.63) is 78.8 Å². The van der Waals surface area contributed by atoms with Gasteiger partial charge in [-0.2, -0.15) is 5.10 Å². The summed E-state index contributed by atoms with van der Waals surface area (Å²) in [5.74, 6) is -0.466. The summed E-state index contributed by atoms with van der Waals surface area (Å²) in [5.41, 5.74) is 1.47. The highest BCUT2D eigenvalue weighted by Gasteiger charge is 2.17. The molecule has 0 saturated carbocycles. The minimum absolute atomic E-state index is 0.0127. The highest BCUT2D eigenvalue weighted by Crippen LogP contribution is 2.27. The van der Waals surface area contributed by atoms with Crippen molar-refractivity contribution in [1.29, 1.82) is 0 Å². The van der Waals surface area contributed by atoms with Gasteiger partial charge in [0.05, 0.1) is 10.6 Å². The fourth-order valence-electron chi connectivity index (χ4n) is 2.71. The third-order valence-electron chi connectivity index (χ3n) is 4.22. The van der Waals surface area contributed by atoms with Crippen molar-refractivity contribution in [3.63, 3.8) is 0 Å². The highest BCUT2D eigenvalue weighted by atomic mass is 32.2. The summed E-state index contributed by atoms with van der Waals surface area (Å²) >= 11 is 0. The van der Waals surface area contributed by atoms with Crippen LogP contribution >= 0.6 is 0 Å². The van der Waals surface area contributed by atoms with Crippen LogP contribution < -0.4 is 10.0 Å². The molecule has 156 valence electrons. The lowest BCUT2D eigenvalue weighted by Gasteiger charge is -2.08. The molecule has 0 unspecified atom stereocenters. The lowest BCUT2D eigenvalue weighted by atomic mass is 10.1. The minimum Gasteiger partial charge on any atom is -0.507 e. The summed E-state index contributed by atoms with van der Waals surface area (Å²) in [5, 5.41) is 19.2. The number of aromatic hydroxyl groups is 1. The summed E-state index contributed by atoms with van der Waals surface area (Å²) in [6.07, 6.45) is 2.84. The molecule has 2 heterocycles. The van der Waals surface area contributed by atoms with E-state index in [0.717, 1.165) is 0 Å². The molecular formula is C20H16N6O4S. The van der Waals surface area contributed by atoms with Gasteiger partial charge in [0.15, 0.2) is 0 Å². The smallest absolute Gasteiger partial charge is 0.273 e. The lowest BCUT2D eigenvalue weighted by molar-refractivity contribution is 0.102. The molecule has 0 atom stereocenters. The van der Waals surface area contributed by atoms with Crippen molar-refractivity contribution in [2.45, 2.75) is 4.90 Å². The fourth-order valence-corrected chi connectivity index (χ4v) is 3.67. The van der Waals surface area contributed by atoms with Gasteiger partial charge in [0.1, 0.15) is 11.4 Å². The molecule has 0 aliphatic rings. The zero-order chi connectivity index (χ0) is 21.8. The van der Waals surface area contributed by atoms with Crippen LogP contribution in [-0.2, 0) is 10.0 Å². The molecule has 2 aromatic heterocycles. The molecule has 0 bridgehead atoms. The van der Waals surface area contributed by atoms with Gasteiger partial charge in [-0.15, -0.1) is 0 Å².